The van der Waals surface area contributed by atoms with Crippen LogP contribution in [0.15, 0.2) is 112 Å². The first-order valence-electron chi connectivity index (χ1n) is 14.3. The van der Waals surface area contributed by atoms with Gasteiger partial charge in [-0.2, -0.15) is 0 Å². The van der Waals surface area contributed by atoms with Crippen molar-refractivity contribution in [2.75, 3.05) is 0 Å². The van der Waals surface area contributed by atoms with Crippen LogP contribution in [0.5, 0.6) is 5.75 Å². The average molecular weight is 835 g/mol. The molecular weight excluding hydrogens is 810 g/mol. The Hall–Kier alpha value is -3.06. The number of thiazole rings is 1. The number of hydrogen-bond donors (Lipinski definition) is 0. The lowest BCUT2D eigenvalue weighted by molar-refractivity contribution is 0.303. The Labute approximate surface area is 289 Å². The van der Waals surface area contributed by atoms with Crippen molar-refractivity contribution in [3.05, 3.63) is 156 Å². The number of hydrogen-bond acceptors (Lipinski definition) is 5. The standard InChI is InChI=1S/C36H24I2N2O2S2/c37-28-17-21(18-29(38)34(28)42-20-24-10-5-9-22-7-1-3-11-25(22)24)19-31-35(41)40-33(30-13-6-16-43-30)27-15-14-23-8-2-4-12-26(23)32(27)39-36(40)44-31/h1-13,16-19,33H,14-15,20H2/b31-19-. The molecule has 8 heteroatoms. The summed E-state index contributed by atoms with van der Waals surface area (Å²) < 4.78 is 11.0. The van der Waals surface area contributed by atoms with Crippen molar-refractivity contribution in [1.29, 1.82) is 0 Å². The van der Waals surface area contributed by atoms with Gasteiger partial charge in [0.1, 0.15) is 12.4 Å². The molecule has 0 saturated heterocycles. The minimum absolute atomic E-state index is 0.0128. The SMILES string of the molecule is O=c1/c(=C/c2cc(I)c(OCc3cccc4ccccc34)c(I)c2)sc2n1C(c1cccs1)C1=C(N=2)c2ccccc2CC1. The van der Waals surface area contributed by atoms with Gasteiger partial charge >= 0.3 is 0 Å². The van der Waals surface area contributed by atoms with E-state index in [4.69, 9.17) is 9.73 Å². The van der Waals surface area contributed by atoms with Crippen molar-refractivity contribution < 1.29 is 4.74 Å². The summed E-state index contributed by atoms with van der Waals surface area (Å²) in [5, 5.41) is 4.51. The van der Waals surface area contributed by atoms with Crippen molar-refractivity contribution in [3.63, 3.8) is 0 Å². The van der Waals surface area contributed by atoms with Gasteiger partial charge in [0.05, 0.1) is 23.4 Å². The largest absolute Gasteiger partial charge is 0.487 e. The molecule has 1 aliphatic heterocycles. The number of aromatic nitrogens is 1. The van der Waals surface area contributed by atoms with E-state index in [1.165, 1.54) is 43.7 Å². The van der Waals surface area contributed by atoms with Crippen LogP contribution in [-0.4, -0.2) is 4.57 Å². The van der Waals surface area contributed by atoms with Crippen LogP contribution in [0.25, 0.3) is 22.5 Å². The highest BCUT2D eigenvalue weighted by molar-refractivity contribution is 14.1. The molecule has 0 saturated carbocycles. The Morgan fingerprint density at radius 1 is 0.932 bits per heavy atom. The molecule has 1 aliphatic carbocycles. The van der Waals surface area contributed by atoms with Crippen molar-refractivity contribution in [2.45, 2.75) is 25.5 Å². The minimum atomic E-state index is -0.123. The van der Waals surface area contributed by atoms with Crippen LogP contribution < -0.4 is 19.6 Å². The molecule has 216 valence electrons. The van der Waals surface area contributed by atoms with Gasteiger partial charge in [0.15, 0.2) is 4.80 Å². The second-order valence-electron chi connectivity index (χ2n) is 10.9. The molecule has 8 rings (SSSR count). The normalized spacial score (nSPS) is 16.0. The first-order valence-corrected chi connectivity index (χ1v) is 18.2. The smallest absolute Gasteiger partial charge is 0.271 e. The second kappa shape index (κ2) is 11.7. The topological polar surface area (TPSA) is 43.6 Å². The lowest BCUT2D eigenvalue weighted by Gasteiger charge is -2.30. The van der Waals surface area contributed by atoms with Gasteiger partial charge in [-0.3, -0.25) is 9.36 Å². The van der Waals surface area contributed by atoms with Gasteiger partial charge in [0.2, 0.25) is 0 Å². The van der Waals surface area contributed by atoms with Crippen molar-refractivity contribution in [3.8, 4) is 5.75 Å². The Bertz CT molecular complexity index is 2270. The molecule has 4 nitrogen and oxygen atoms in total. The third kappa shape index (κ3) is 4.99. The Kier molecular flexibility index (Phi) is 7.56. The zero-order chi connectivity index (χ0) is 29.8. The van der Waals surface area contributed by atoms with E-state index in [0.29, 0.717) is 11.1 Å². The zero-order valence-corrected chi connectivity index (χ0v) is 29.2. The molecule has 2 aromatic heterocycles. The van der Waals surface area contributed by atoms with Crippen LogP contribution in [0.2, 0.25) is 0 Å². The van der Waals surface area contributed by atoms with Gasteiger partial charge in [0.25, 0.3) is 5.56 Å². The summed E-state index contributed by atoms with van der Waals surface area (Å²) in [7, 11) is 0. The fourth-order valence-corrected chi connectivity index (χ4v) is 10.2. The number of rotatable bonds is 5. The summed E-state index contributed by atoms with van der Waals surface area (Å²) in [5.41, 5.74) is 6.94. The monoisotopic (exact) mass is 834 g/mol. The van der Waals surface area contributed by atoms with Gasteiger partial charge < -0.3 is 4.74 Å². The quantitative estimate of drug-likeness (QED) is 0.164. The van der Waals surface area contributed by atoms with Gasteiger partial charge in [-0.05, 0) is 121 Å². The highest BCUT2D eigenvalue weighted by Crippen LogP contribution is 2.42. The minimum Gasteiger partial charge on any atom is -0.487 e. The molecule has 1 atom stereocenters. The molecule has 0 fully saturated rings. The summed E-state index contributed by atoms with van der Waals surface area (Å²) in [6.07, 6.45) is 3.87. The summed E-state index contributed by atoms with van der Waals surface area (Å²) in [4.78, 5) is 21.2. The van der Waals surface area contributed by atoms with Crippen LogP contribution >= 0.6 is 67.9 Å². The fraction of sp³-hybridized carbons (Fsp3) is 0.111. The third-order valence-electron chi connectivity index (χ3n) is 8.26. The number of fused-ring (bicyclic) bond motifs is 4. The van der Waals surface area contributed by atoms with Crippen LogP contribution in [-0.2, 0) is 13.0 Å². The maximum absolute atomic E-state index is 14.1. The van der Waals surface area contributed by atoms with Gasteiger partial charge in [0, 0.05) is 10.4 Å². The van der Waals surface area contributed by atoms with Crippen molar-refractivity contribution >= 4 is 90.4 Å². The average Bonchev–Trinajstić information content (AvgIpc) is 3.68. The lowest BCUT2D eigenvalue weighted by Crippen LogP contribution is -2.38. The first kappa shape index (κ1) is 28.4. The number of nitrogens with zero attached hydrogens (tertiary/aromatic N) is 2. The highest BCUT2D eigenvalue weighted by Gasteiger charge is 2.33. The molecule has 0 N–H and O–H groups in total. The third-order valence-corrected chi connectivity index (χ3v) is 11.8. The second-order valence-corrected chi connectivity index (χ2v) is 15.2. The summed E-state index contributed by atoms with van der Waals surface area (Å²) in [6.45, 7) is 0.488. The summed E-state index contributed by atoms with van der Waals surface area (Å²) in [5.74, 6) is 0.863. The fourth-order valence-electron chi connectivity index (χ4n) is 6.24. The molecule has 3 heterocycles. The molecule has 2 aliphatic rings. The van der Waals surface area contributed by atoms with E-state index in [2.05, 4.69) is 142 Å². The number of thiophene rings is 1. The van der Waals surface area contributed by atoms with Gasteiger partial charge in [-0.15, -0.1) is 11.3 Å². The molecule has 0 amide bonds. The van der Waals surface area contributed by atoms with E-state index in [-0.39, 0.29) is 11.6 Å². The molecule has 0 spiro atoms. The van der Waals surface area contributed by atoms with Crippen molar-refractivity contribution in [1.82, 2.24) is 4.57 Å². The number of allylic oxidation sites excluding steroid dienone is 1. The predicted octanol–water partition coefficient (Wildman–Crippen LogP) is 8.32. The molecule has 0 bridgehead atoms. The van der Waals surface area contributed by atoms with E-state index < -0.39 is 0 Å². The van der Waals surface area contributed by atoms with Crippen LogP contribution in [0.1, 0.15) is 39.6 Å². The van der Waals surface area contributed by atoms with E-state index in [1.54, 1.807) is 11.3 Å². The van der Waals surface area contributed by atoms with Gasteiger partial charge in [-0.1, -0.05) is 84.1 Å². The van der Waals surface area contributed by atoms with E-state index in [9.17, 15) is 4.79 Å². The van der Waals surface area contributed by atoms with E-state index in [1.807, 2.05) is 10.6 Å². The Morgan fingerprint density at radius 2 is 1.73 bits per heavy atom. The van der Waals surface area contributed by atoms with E-state index in [0.717, 1.165) is 47.4 Å². The van der Waals surface area contributed by atoms with Crippen LogP contribution in [0.4, 0.5) is 0 Å². The molecule has 1 unspecified atom stereocenters. The molecule has 6 aromatic rings. The molecule has 44 heavy (non-hydrogen) atoms. The Balaban J connectivity index is 1.18. The maximum Gasteiger partial charge on any atom is 0.271 e. The van der Waals surface area contributed by atoms with E-state index >= 15 is 0 Å². The lowest BCUT2D eigenvalue weighted by atomic mass is 9.85. The predicted molar refractivity (Wildman–Crippen MR) is 197 cm³/mol. The number of benzene rings is 4. The highest BCUT2D eigenvalue weighted by atomic mass is 127. The van der Waals surface area contributed by atoms with Gasteiger partial charge in [-0.25, -0.2) is 4.99 Å². The molecule has 4 aromatic carbocycles. The molecule has 0 radical (unpaired) electrons. The number of aryl methyl sites for hydroxylation is 1. The zero-order valence-electron chi connectivity index (χ0n) is 23.3. The first-order chi connectivity index (χ1) is 21.5. The number of halogens is 2. The summed E-state index contributed by atoms with van der Waals surface area (Å²) in [6, 6.07) is 31.5. The van der Waals surface area contributed by atoms with Crippen LogP contribution in [0.3, 0.4) is 0 Å². The summed E-state index contributed by atoms with van der Waals surface area (Å²) >= 11 is 7.86. The number of ether oxygens (including phenoxy) is 1. The van der Waals surface area contributed by atoms with Crippen LogP contribution in [0, 0.1) is 7.14 Å². The maximum atomic E-state index is 14.1. The Morgan fingerprint density at radius 3 is 2.57 bits per heavy atom. The molecular formula is C36H24I2N2O2S2. The van der Waals surface area contributed by atoms with Crippen molar-refractivity contribution in [2.24, 2.45) is 4.99 Å².